The predicted octanol–water partition coefficient (Wildman–Crippen LogP) is 1.77. The van der Waals surface area contributed by atoms with Gasteiger partial charge in [-0.25, -0.2) is 0 Å². The van der Waals surface area contributed by atoms with Gasteiger partial charge in [-0.2, -0.15) is 0 Å². The highest BCUT2D eigenvalue weighted by atomic mass is 16.5. The van der Waals surface area contributed by atoms with Crippen LogP contribution in [0.2, 0.25) is 0 Å². The Morgan fingerprint density at radius 1 is 1.44 bits per heavy atom. The summed E-state index contributed by atoms with van der Waals surface area (Å²) >= 11 is 0. The summed E-state index contributed by atoms with van der Waals surface area (Å²) in [5, 5.41) is 3.75. The van der Waals surface area contributed by atoms with Gasteiger partial charge < -0.3 is 10.3 Å². The summed E-state index contributed by atoms with van der Waals surface area (Å²) in [4.78, 5) is 2.46. The van der Waals surface area contributed by atoms with Crippen LogP contribution in [0.4, 0.5) is 0 Å². The molecular formula is C12H21N3O. The molecular weight excluding hydrogens is 202 g/mol. The van der Waals surface area contributed by atoms with Crippen molar-refractivity contribution < 1.29 is 4.52 Å². The van der Waals surface area contributed by atoms with E-state index in [4.69, 9.17) is 10.3 Å². The minimum absolute atomic E-state index is 0.417. The van der Waals surface area contributed by atoms with E-state index in [-0.39, 0.29) is 0 Å². The summed E-state index contributed by atoms with van der Waals surface area (Å²) in [6, 6.07) is 3.02. The second-order valence-corrected chi connectivity index (χ2v) is 4.61. The maximum Gasteiger partial charge on any atom is 0.150 e. The molecule has 2 N–H and O–H groups in total. The smallest absolute Gasteiger partial charge is 0.150 e. The molecule has 2 rings (SSSR count). The number of rotatable bonds is 4. The lowest BCUT2D eigenvalue weighted by Gasteiger charge is -2.34. The highest BCUT2D eigenvalue weighted by Crippen LogP contribution is 2.23. The van der Waals surface area contributed by atoms with E-state index >= 15 is 0 Å². The second kappa shape index (κ2) is 5.46. The lowest BCUT2D eigenvalue weighted by molar-refractivity contribution is 0.136. The molecule has 0 amide bonds. The molecule has 0 aromatic carbocycles. The number of hydrogen-bond acceptors (Lipinski definition) is 4. The average molecular weight is 223 g/mol. The average Bonchev–Trinajstić information content (AvgIpc) is 2.80. The van der Waals surface area contributed by atoms with Crippen LogP contribution in [0, 0.1) is 0 Å². The highest BCUT2D eigenvalue weighted by molar-refractivity contribution is 4.94. The van der Waals surface area contributed by atoms with E-state index in [1.807, 2.05) is 6.07 Å². The first kappa shape index (κ1) is 11.6. The molecule has 1 saturated carbocycles. The van der Waals surface area contributed by atoms with Gasteiger partial charge in [-0.1, -0.05) is 12.1 Å². The fourth-order valence-corrected chi connectivity index (χ4v) is 2.49. The maximum absolute atomic E-state index is 5.93. The van der Waals surface area contributed by atoms with E-state index in [1.165, 1.54) is 12.8 Å². The fraction of sp³-hybridized carbons (Fsp3) is 0.750. The van der Waals surface area contributed by atoms with E-state index in [0.29, 0.717) is 12.1 Å². The van der Waals surface area contributed by atoms with Crippen LogP contribution >= 0.6 is 0 Å². The lowest BCUT2D eigenvalue weighted by Crippen LogP contribution is -2.40. The number of nitrogens with two attached hydrogens (primary N) is 1. The molecule has 16 heavy (non-hydrogen) atoms. The van der Waals surface area contributed by atoms with Gasteiger partial charge in [0.2, 0.25) is 0 Å². The van der Waals surface area contributed by atoms with Crippen LogP contribution < -0.4 is 5.73 Å². The summed E-state index contributed by atoms with van der Waals surface area (Å²) in [5.74, 6) is 0.955. The zero-order valence-corrected chi connectivity index (χ0v) is 9.93. The maximum atomic E-state index is 5.93. The van der Waals surface area contributed by atoms with E-state index < -0.39 is 0 Å². The summed E-state index contributed by atoms with van der Waals surface area (Å²) in [6.45, 7) is 4.13. The quantitative estimate of drug-likeness (QED) is 0.845. The molecule has 0 atom stereocenters. The molecule has 0 radical (unpaired) electrons. The van der Waals surface area contributed by atoms with Gasteiger partial charge in [-0.3, -0.25) is 4.90 Å². The first-order valence-electron chi connectivity index (χ1n) is 6.18. The van der Waals surface area contributed by atoms with Crippen molar-refractivity contribution in [2.24, 2.45) is 5.73 Å². The molecule has 1 aromatic rings. The third kappa shape index (κ3) is 2.83. The van der Waals surface area contributed by atoms with Crippen molar-refractivity contribution >= 4 is 0 Å². The molecule has 0 spiro atoms. The third-order valence-corrected chi connectivity index (χ3v) is 3.51. The van der Waals surface area contributed by atoms with Gasteiger partial charge >= 0.3 is 0 Å². The van der Waals surface area contributed by atoms with E-state index in [1.54, 1.807) is 6.20 Å². The van der Waals surface area contributed by atoms with Crippen LogP contribution in [0.1, 0.15) is 38.4 Å². The highest BCUT2D eigenvalue weighted by Gasteiger charge is 2.23. The van der Waals surface area contributed by atoms with Gasteiger partial charge in [-0.05, 0) is 32.2 Å². The molecule has 4 nitrogen and oxygen atoms in total. The SMILES string of the molecule is CCN(Cc1ccno1)C1CCC(N)CC1. The van der Waals surface area contributed by atoms with Gasteiger partial charge in [0, 0.05) is 18.2 Å². The molecule has 0 aliphatic heterocycles. The Morgan fingerprint density at radius 2 is 2.19 bits per heavy atom. The molecule has 0 bridgehead atoms. The van der Waals surface area contributed by atoms with E-state index in [2.05, 4.69) is 17.0 Å². The molecule has 90 valence electrons. The van der Waals surface area contributed by atoms with Gasteiger partial charge in [0.15, 0.2) is 5.76 Å². The first-order chi connectivity index (χ1) is 7.79. The van der Waals surface area contributed by atoms with Crippen LogP contribution in [0.3, 0.4) is 0 Å². The van der Waals surface area contributed by atoms with Crippen LogP contribution in [0.15, 0.2) is 16.8 Å². The number of aromatic nitrogens is 1. The Balaban J connectivity index is 1.89. The molecule has 1 fully saturated rings. The zero-order valence-electron chi connectivity index (χ0n) is 9.93. The summed E-state index contributed by atoms with van der Waals surface area (Å²) in [6.07, 6.45) is 6.43. The van der Waals surface area contributed by atoms with Crippen LogP contribution in [0.5, 0.6) is 0 Å². The van der Waals surface area contributed by atoms with E-state index in [9.17, 15) is 0 Å². The van der Waals surface area contributed by atoms with Crippen LogP contribution in [-0.2, 0) is 6.54 Å². The van der Waals surface area contributed by atoms with Crippen molar-refractivity contribution in [2.75, 3.05) is 6.54 Å². The molecule has 0 unspecified atom stereocenters. The van der Waals surface area contributed by atoms with Gasteiger partial charge in [0.25, 0.3) is 0 Å². The van der Waals surface area contributed by atoms with Gasteiger partial charge in [-0.15, -0.1) is 0 Å². The largest absolute Gasteiger partial charge is 0.360 e. The Morgan fingerprint density at radius 3 is 2.75 bits per heavy atom. The van der Waals surface area contributed by atoms with Gasteiger partial charge in [0.05, 0.1) is 12.7 Å². The Bertz CT molecular complexity index is 291. The summed E-state index contributed by atoms with van der Waals surface area (Å²) in [7, 11) is 0. The minimum Gasteiger partial charge on any atom is -0.360 e. The Hall–Kier alpha value is -0.870. The summed E-state index contributed by atoms with van der Waals surface area (Å²) < 4.78 is 5.16. The fourth-order valence-electron chi connectivity index (χ4n) is 2.49. The topological polar surface area (TPSA) is 55.3 Å². The van der Waals surface area contributed by atoms with Gasteiger partial charge in [0.1, 0.15) is 0 Å². The third-order valence-electron chi connectivity index (χ3n) is 3.51. The molecule has 1 heterocycles. The van der Waals surface area contributed by atoms with Crippen molar-refractivity contribution in [2.45, 2.75) is 51.2 Å². The first-order valence-corrected chi connectivity index (χ1v) is 6.18. The Labute approximate surface area is 96.8 Å². The molecule has 4 heteroatoms. The van der Waals surface area contributed by atoms with Crippen LogP contribution in [-0.4, -0.2) is 28.7 Å². The predicted molar refractivity (Wildman–Crippen MR) is 62.8 cm³/mol. The minimum atomic E-state index is 0.417. The molecule has 1 aliphatic carbocycles. The van der Waals surface area contributed by atoms with Crippen molar-refractivity contribution in [3.63, 3.8) is 0 Å². The van der Waals surface area contributed by atoms with E-state index in [0.717, 1.165) is 31.7 Å². The zero-order chi connectivity index (χ0) is 11.4. The van der Waals surface area contributed by atoms with Crippen LogP contribution in [0.25, 0.3) is 0 Å². The molecule has 1 aromatic heterocycles. The lowest BCUT2D eigenvalue weighted by atomic mass is 9.90. The number of hydrogen-bond donors (Lipinski definition) is 1. The van der Waals surface area contributed by atoms with Crippen molar-refractivity contribution in [1.82, 2.24) is 10.1 Å². The standard InChI is InChI=1S/C12H21N3O/c1-2-15(9-12-7-8-14-16-12)11-5-3-10(13)4-6-11/h7-8,10-11H,2-6,9,13H2,1H3. The Kier molecular flexibility index (Phi) is 3.96. The molecule has 1 aliphatic rings. The molecule has 0 saturated heterocycles. The monoisotopic (exact) mass is 223 g/mol. The number of nitrogens with zero attached hydrogens (tertiary/aromatic N) is 2. The summed E-state index contributed by atoms with van der Waals surface area (Å²) in [5.41, 5.74) is 5.93. The second-order valence-electron chi connectivity index (χ2n) is 4.61. The van der Waals surface area contributed by atoms with Crippen molar-refractivity contribution in [3.05, 3.63) is 18.0 Å². The van der Waals surface area contributed by atoms with Crippen molar-refractivity contribution in [3.8, 4) is 0 Å². The normalized spacial score (nSPS) is 26.2. The van der Waals surface area contributed by atoms with Crippen molar-refractivity contribution in [1.29, 1.82) is 0 Å².